The Balaban J connectivity index is 2.16. The summed E-state index contributed by atoms with van der Waals surface area (Å²) < 4.78 is 6.13. The molecule has 19 heavy (non-hydrogen) atoms. The Labute approximate surface area is 121 Å². The normalized spacial score (nSPS) is 18.4. The maximum atomic E-state index is 11.9. The molecule has 2 rings (SSSR count). The molecule has 0 radical (unpaired) electrons. The Kier molecular flexibility index (Phi) is 4.58. The van der Waals surface area contributed by atoms with Gasteiger partial charge in [0.2, 0.25) is 0 Å². The van der Waals surface area contributed by atoms with E-state index in [4.69, 9.17) is 4.74 Å². The van der Waals surface area contributed by atoms with Crippen LogP contribution in [-0.4, -0.2) is 35.9 Å². The maximum absolute atomic E-state index is 11.9. The molecule has 4 nitrogen and oxygen atoms in total. The van der Waals surface area contributed by atoms with Crippen molar-refractivity contribution < 1.29 is 9.53 Å². The van der Waals surface area contributed by atoms with E-state index in [2.05, 4.69) is 21.0 Å². The van der Waals surface area contributed by atoms with Gasteiger partial charge in [0.1, 0.15) is 6.04 Å². The van der Waals surface area contributed by atoms with Crippen LogP contribution in [0.2, 0.25) is 0 Å². The smallest absolute Gasteiger partial charge is 0.330 e. The van der Waals surface area contributed by atoms with E-state index < -0.39 is 0 Å². The molecule has 1 aromatic rings. The number of rotatable bonds is 4. The quantitative estimate of drug-likeness (QED) is 0.800. The summed E-state index contributed by atoms with van der Waals surface area (Å²) in [5.41, 5.74) is 1.99. The molecular weight excluding hydrogens is 308 g/mol. The molecule has 1 atom stereocenters. The summed E-state index contributed by atoms with van der Waals surface area (Å²) in [6.07, 6.45) is 0.605. The summed E-state index contributed by atoms with van der Waals surface area (Å²) >= 11 is 3.41. The summed E-state index contributed by atoms with van der Waals surface area (Å²) in [7, 11) is 0. The number of hydrogen-bond acceptors (Lipinski definition) is 4. The van der Waals surface area contributed by atoms with Crippen molar-refractivity contribution >= 4 is 27.6 Å². The average Bonchev–Trinajstić information content (AvgIpc) is 2.84. The minimum absolute atomic E-state index is 0.194. The first-order valence-corrected chi connectivity index (χ1v) is 7.21. The minimum Gasteiger partial charge on any atom is -0.464 e. The molecule has 5 heteroatoms. The van der Waals surface area contributed by atoms with Crippen molar-refractivity contribution in [2.24, 2.45) is 5.10 Å². The summed E-state index contributed by atoms with van der Waals surface area (Å²) in [6.45, 7) is 4.91. The number of carbonyl (C=O) groups is 1. The van der Waals surface area contributed by atoms with Crippen LogP contribution in [0.3, 0.4) is 0 Å². The highest BCUT2D eigenvalue weighted by atomic mass is 79.9. The van der Waals surface area contributed by atoms with E-state index in [9.17, 15) is 4.79 Å². The Morgan fingerprint density at radius 3 is 2.68 bits per heavy atom. The van der Waals surface area contributed by atoms with Gasteiger partial charge in [-0.1, -0.05) is 28.1 Å². The second-order valence-corrected chi connectivity index (χ2v) is 5.20. The van der Waals surface area contributed by atoms with E-state index in [1.807, 2.05) is 38.1 Å². The number of hydrazone groups is 1. The number of carbonyl (C=O) groups excluding carboxylic acids is 1. The minimum atomic E-state index is -0.288. The number of esters is 1. The van der Waals surface area contributed by atoms with Gasteiger partial charge in [-0.25, -0.2) is 4.79 Å². The molecule has 102 valence electrons. The Bertz CT molecular complexity index is 485. The molecule has 0 saturated heterocycles. The van der Waals surface area contributed by atoms with E-state index in [0.29, 0.717) is 19.6 Å². The van der Waals surface area contributed by atoms with Crippen molar-refractivity contribution in [1.82, 2.24) is 5.01 Å². The fourth-order valence-corrected chi connectivity index (χ4v) is 2.37. The summed E-state index contributed by atoms with van der Waals surface area (Å²) in [5.74, 6) is -0.194. The zero-order chi connectivity index (χ0) is 13.8. The van der Waals surface area contributed by atoms with Crippen molar-refractivity contribution in [3.05, 3.63) is 34.3 Å². The van der Waals surface area contributed by atoms with E-state index >= 15 is 0 Å². The zero-order valence-electron chi connectivity index (χ0n) is 11.1. The summed E-state index contributed by atoms with van der Waals surface area (Å²) in [6, 6.07) is 7.68. The number of hydrogen-bond donors (Lipinski definition) is 0. The maximum Gasteiger partial charge on any atom is 0.330 e. The highest BCUT2D eigenvalue weighted by Crippen LogP contribution is 2.22. The van der Waals surface area contributed by atoms with E-state index in [0.717, 1.165) is 15.7 Å². The van der Waals surface area contributed by atoms with Gasteiger partial charge in [0.05, 0.1) is 12.3 Å². The summed E-state index contributed by atoms with van der Waals surface area (Å²) in [4.78, 5) is 11.9. The van der Waals surface area contributed by atoms with Crippen LogP contribution in [0.25, 0.3) is 0 Å². The molecule has 0 amide bonds. The molecular formula is C14H17BrN2O2. The second-order valence-electron chi connectivity index (χ2n) is 4.28. The van der Waals surface area contributed by atoms with Crippen LogP contribution in [0.4, 0.5) is 0 Å². The standard InChI is InChI=1S/C14H17BrN2O2/c1-3-17-13(14(18)19-4-2)9-12(16-17)10-5-7-11(15)8-6-10/h5-8,13H,3-4,9H2,1-2H3. The molecule has 1 heterocycles. The van der Waals surface area contributed by atoms with Gasteiger partial charge in [0.15, 0.2) is 0 Å². The van der Waals surface area contributed by atoms with Crippen molar-refractivity contribution in [2.45, 2.75) is 26.3 Å². The predicted octanol–water partition coefficient (Wildman–Crippen LogP) is 2.81. The van der Waals surface area contributed by atoms with Crippen molar-refractivity contribution in [3.63, 3.8) is 0 Å². The lowest BCUT2D eigenvalue weighted by Gasteiger charge is -2.19. The topological polar surface area (TPSA) is 41.9 Å². The van der Waals surface area contributed by atoms with E-state index in [-0.39, 0.29) is 12.0 Å². The third kappa shape index (κ3) is 3.15. The first-order chi connectivity index (χ1) is 9.15. The number of likely N-dealkylation sites (N-methyl/N-ethyl adjacent to an activating group) is 1. The third-order valence-corrected chi connectivity index (χ3v) is 3.58. The molecule has 0 aromatic heterocycles. The monoisotopic (exact) mass is 324 g/mol. The molecule has 0 N–H and O–H groups in total. The SMILES string of the molecule is CCOC(=O)C1CC(c2ccc(Br)cc2)=NN1CC. The van der Waals surface area contributed by atoms with E-state index in [1.165, 1.54) is 0 Å². The number of ether oxygens (including phenoxy) is 1. The van der Waals surface area contributed by atoms with Gasteiger partial charge in [0.25, 0.3) is 0 Å². The van der Waals surface area contributed by atoms with Crippen molar-refractivity contribution in [1.29, 1.82) is 0 Å². The lowest BCUT2D eigenvalue weighted by Crippen LogP contribution is -2.35. The highest BCUT2D eigenvalue weighted by molar-refractivity contribution is 9.10. The number of nitrogens with zero attached hydrogens (tertiary/aromatic N) is 2. The van der Waals surface area contributed by atoms with Crippen molar-refractivity contribution in [3.8, 4) is 0 Å². The van der Waals surface area contributed by atoms with Crippen LogP contribution in [0, 0.1) is 0 Å². The number of halogens is 1. The first-order valence-electron chi connectivity index (χ1n) is 6.42. The lowest BCUT2D eigenvalue weighted by atomic mass is 10.0. The third-order valence-electron chi connectivity index (χ3n) is 3.06. The Morgan fingerprint density at radius 2 is 2.11 bits per heavy atom. The van der Waals surface area contributed by atoms with Crippen LogP contribution in [0.5, 0.6) is 0 Å². The molecule has 0 aliphatic carbocycles. The summed E-state index contributed by atoms with van der Waals surface area (Å²) in [5, 5.41) is 6.33. The predicted molar refractivity (Wildman–Crippen MR) is 78.1 cm³/mol. The second kappa shape index (κ2) is 6.19. The Morgan fingerprint density at radius 1 is 1.42 bits per heavy atom. The fraction of sp³-hybridized carbons (Fsp3) is 0.429. The fourth-order valence-electron chi connectivity index (χ4n) is 2.11. The van der Waals surface area contributed by atoms with Gasteiger partial charge < -0.3 is 4.74 Å². The highest BCUT2D eigenvalue weighted by Gasteiger charge is 2.33. The zero-order valence-corrected chi connectivity index (χ0v) is 12.7. The van der Waals surface area contributed by atoms with Gasteiger partial charge in [-0.15, -0.1) is 0 Å². The number of benzene rings is 1. The van der Waals surface area contributed by atoms with Crippen LogP contribution < -0.4 is 0 Å². The van der Waals surface area contributed by atoms with Gasteiger partial charge in [-0.2, -0.15) is 5.10 Å². The average molecular weight is 325 g/mol. The van der Waals surface area contributed by atoms with Crippen LogP contribution in [0.1, 0.15) is 25.8 Å². The molecule has 1 aliphatic rings. The van der Waals surface area contributed by atoms with Crippen LogP contribution in [0.15, 0.2) is 33.8 Å². The molecule has 1 unspecified atom stereocenters. The van der Waals surface area contributed by atoms with Gasteiger partial charge >= 0.3 is 5.97 Å². The molecule has 0 bridgehead atoms. The lowest BCUT2D eigenvalue weighted by molar-refractivity contribution is -0.148. The largest absolute Gasteiger partial charge is 0.464 e. The molecule has 0 saturated carbocycles. The van der Waals surface area contributed by atoms with Crippen LogP contribution >= 0.6 is 15.9 Å². The van der Waals surface area contributed by atoms with Gasteiger partial charge in [-0.05, 0) is 31.5 Å². The first kappa shape index (κ1) is 14.1. The Hall–Kier alpha value is -1.36. The molecule has 0 fully saturated rings. The van der Waals surface area contributed by atoms with Gasteiger partial charge in [-0.3, -0.25) is 5.01 Å². The van der Waals surface area contributed by atoms with Crippen molar-refractivity contribution in [2.75, 3.05) is 13.2 Å². The molecule has 1 aliphatic heterocycles. The van der Waals surface area contributed by atoms with E-state index in [1.54, 1.807) is 5.01 Å². The molecule has 1 aromatic carbocycles. The van der Waals surface area contributed by atoms with Gasteiger partial charge in [0, 0.05) is 17.4 Å². The van der Waals surface area contributed by atoms with Crippen LogP contribution in [-0.2, 0) is 9.53 Å². The molecule has 0 spiro atoms.